The fraction of sp³-hybridized carbons (Fsp3) is 0.667. The van der Waals surface area contributed by atoms with E-state index < -0.39 is 0 Å². The molecule has 1 aromatic rings. The number of hydrogen-bond acceptors (Lipinski definition) is 3. The van der Waals surface area contributed by atoms with Gasteiger partial charge in [-0.05, 0) is 39.3 Å². The number of hydrogen-bond donors (Lipinski definition) is 1. The first-order valence-corrected chi connectivity index (χ1v) is 5.61. The third-order valence-corrected chi connectivity index (χ3v) is 3.23. The highest BCUT2D eigenvalue weighted by atomic mass is 16.3. The standard InChI is InChI=1S/C12H19NO2/c1-9-6-11(10(2)15-9)7-13-5-3-4-12(13)8-14/h6,12,14H,3-5,7-8H2,1-2H3/t12-/m1/s1. The molecule has 1 aromatic heterocycles. The van der Waals surface area contributed by atoms with Crippen molar-refractivity contribution in [3.8, 4) is 0 Å². The molecule has 1 saturated heterocycles. The molecule has 0 radical (unpaired) electrons. The van der Waals surface area contributed by atoms with Crippen LogP contribution in [0.15, 0.2) is 10.5 Å². The zero-order valence-electron chi connectivity index (χ0n) is 9.49. The lowest BCUT2D eigenvalue weighted by molar-refractivity contribution is 0.153. The Labute approximate surface area is 90.7 Å². The van der Waals surface area contributed by atoms with Crippen molar-refractivity contribution in [2.24, 2.45) is 0 Å². The van der Waals surface area contributed by atoms with E-state index in [1.165, 1.54) is 12.0 Å². The first kappa shape index (κ1) is 10.7. The van der Waals surface area contributed by atoms with Crippen LogP contribution in [0.4, 0.5) is 0 Å². The van der Waals surface area contributed by atoms with Gasteiger partial charge in [-0.1, -0.05) is 0 Å². The summed E-state index contributed by atoms with van der Waals surface area (Å²) in [5.74, 6) is 1.98. The van der Waals surface area contributed by atoms with Gasteiger partial charge >= 0.3 is 0 Å². The van der Waals surface area contributed by atoms with Gasteiger partial charge in [0, 0.05) is 18.2 Å². The van der Waals surface area contributed by atoms with Crippen molar-refractivity contribution < 1.29 is 9.52 Å². The first-order valence-electron chi connectivity index (χ1n) is 5.61. The molecule has 2 heterocycles. The largest absolute Gasteiger partial charge is 0.466 e. The van der Waals surface area contributed by atoms with Crippen LogP contribution in [-0.2, 0) is 6.54 Å². The number of likely N-dealkylation sites (tertiary alicyclic amines) is 1. The van der Waals surface area contributed by atoms with Crippen molar-refractivity contribution in [1.29, 1.82) is 0 Å². The summed E-state index contributed by atoms with van der Waals surface area (Å²) in [5.41, 5.74) is 1.26. The predicted octanol–water partition coefficient (Wildman–Crippen LogP) is 1.85. The van der Waals surface area contributed by atoms with Gasteiger partial charge in [0.1, 0.15) is 11.5 Å². The molecule has 0 unspecified atom stereocenters. The first-order chi connectivity index (χ1) is 7.20. The summed E-state index contributed by atoms with van der Waals surface area (Å²) < 4.78 is 5.50. The second-order valence-electron chi connectivity index (χ2n) is 4.39. The fourth-order valence-electron chi connectivity index (χ4n) is 2.37. The lowest BCUT2D eigenvalue weighted by Crippen LogP contribution is -2.31. The minimum Gasteiger partial charge on any atom is -0.466 e. The third-order valence-electron chi connectivity index (χ3n) is 3.23. The molecule has 1 aliphatic heterocycles. The summed E-state index contributed by atoms with van der Waals surface area (Å²) in [6.45, 7) is 6.26. The Kier molecular flexibility index (Phi) is 3.12. The molecule has 0 bridgehead atoms. The zero-order valence-corrected chi connectivity index (χ0v) is 9.49. The minimum atomic E-state index is 0.274. The van der Waals surface area contributed by atoms with E-state index in [9.17, 15) is 5.11 Å². The van der Waals surface area contributed by atoms with E-state index >= 15 is 0 Å². The Morgan fingerprint density at radius 1 is 1.53 bits per heavy atom. The second-order valence-corrected chi connectivity index (χ2v) is 4.39. The molecule has 3 heteroatoms. The normalized spacial score (nSPS) is 22.5. The second kappa shape index (κ2) is 4.37. The maximum absolute atomic E-state index is 9.22. The van der Waals surface area contributed by atoms with Crippen LogP contribution < -0.4 is 0 Å². The fourth-order valence-corrected chi connectivity index (χ4v) is 2.37. The van der Waals surface area contributed by atoms with E-state index in [1.807, 2.05) is 13.8 Å². The number of furan rings is 1. The smallest absolute Gasteiger partial charge is 0.105 e. The van der Waals surface area contributed by atoms with Gasteiger partial charge in [-0.2, -0.15) is 0 Å². The van der Waals surface area contributed by atoms with Crippen LogP contribution in [0, 0.1) is 13.8 Å². The van der Waals surface area contributed by atoms with E-state index in [0.29, 0.717) is 6.04 Å². The van der Waals surface area contributed by atoms with Crippen molar-refractivity contribution >= 4 is 0 Å². The highest BCUT2D eigenvalue weighted by Gasteiger charge is 2.24. The Balaban J connectivity index is 2.05. The molecule has 1 aliphatic rings. The van der Waals surface area contributed by atoms with Crippen LogP contribution in [0.5, 0.6) is 0 Å². The maximum Gasteiger partial charge on any atom is 0.105 e. The van der Waals surface area contributed by atoms with Crippen LogP contribution in [0.1, 0.15) is 29.9 Å². The van der Waals surface area contributed by atoms with Gasteiger partial charge in [0.15, 0.2) is 0 Å². The Hall–Kier alpha value is -0.800. The lowest BCUT2D eigenvalue weighted by Gasteiger charge is -2.22. The van der Waals surface area contributed by atoms with Crippen LogP contribution in [-0.4, -0.2) is 29.2 Å². The molecular formula is C12H19NO2. The summed E-state index contributed by atoms with van der Waals surface area (Å²) >= 11 is 0. The Morgan fingerprint density at radius 2 is 2.33 bits per heavy atom. The van der Waals surface area contributed by atoms with Gasteiger partial charge in [-0.15, -0.1) is 0 Å². The van der Waals surface area contributed by atoms with Gasteiger partial charge in [0.05, 0.1) is 6.61 Å². The SMILES string of the molecule is Cc1cc(CN2CCC[C@@H]2CO)c(C)o1. The van der Waals surface area contributed by atoms with E-state index in [1.54, 1.807) is 0 Å². The van der Waals surface area contributed by atoms with Crippen LogP contribution >= 0.6 is 0 Å². The van der Waals surface area contributed by atoms with E-state index in [2.05, 4.69) is 11.0 Å². The topological polar surface area (TPSA) is 36.6 Å². The molecule has 0 amide bonds. The van der Waals surface area contributed by atoms with Crippen molar-refractivity contribution in [1.82, 2.24) is 4.90 Å². The zero-order chi connectivity index (χ0) is 10.8. The molecule has 0 aromatic carbocycles. The summed E-state index contributed by atoms with van der Waals surface area (Å²) in [5, 5.41) is 9.22. The van der Waals surface area contributed by atoms with Crippen molar-refractivity contribution in [2.45, 2.75) is 39.3 Å². The van der Waals surface area contributed by atoms with Gasteiger partial charge in [-0.3, -0.25) is 4.90 Å². The summed E-state index contributed by atoms with van der Waals surface area (Å²) in [6, 6.07) is 2.45. The van der Waals surface area contributed by atoms with Gasteiger partial charge in [0.2, 0.25) is 0 Å². The van der Waals surface area contributed by atoms with Crippen molar-refractivity contribution in [2.75, 3.05) is 13.2 Å². The number of rotatable bonds is 3. The Morgan fingerprint density at radius 3 is 2.93 bits per heavy atom. The Bertz CT molecular complexity index is 332. The third kappa shape index (κ3) is 2.24. The predicted molar refractivity (Wildman–Crippen MR) is 58.7 cm³/mol. The average molecular weight is 209 g/mol. The molecule has 84 valence electrons. The summed E-state index contributed by atoms with van der Waals surface area (Å²) in [7, 11) is 0. The molecular weight excluding hydrogens is 190 g/mol. The molecule has 1 fully saturated rings. The number of nitrogens with zero attached hydrogens (tertiary/aromatic N) is 1. The molecule has 0 aliphatic carbocycles. The van der Waals surface area contributed by atoms with Crippen LogP contribution in [0.2, 0.25) is 0 Å². The molecule has 1 atom stereocenters. The minimum absolute atomic E-state index is 0.274. The van der Waals surface area contributed by atoms with Crippen LogP contribution in [0.3, 0.4) is 0 Å². The summed E-state index contributed by atoms with van der Waals surface area (Å²) in [6.07, 6.45) is 2.31. The molecule has 2 rings (SSSR count). The lowest BCUT2D eigenvalue weighted by atomic mass is 10.2. The number of aliphatic hydroxyl groups excluding tert-OH is 1. The number of aryl methyl sites for hydroxylation is 2. The highest BCUT2D eigenvalue weighted by molar-refractivity contribution is 5.20. The molecule has 1 N–H and O–H groups in total. The summed E-state index contributed by atoms with van der Waals surface area (Å²) in [4.78, 5) is 2.34. The van der Waals surface area contributed by atoms with E-state index in [0.717, 1.165) is 31.0 Å². The monoisotopic (exact) mass is 209 g/mol. The number of aliphatic hydroxyl groups is 1. The van der Waals surface area contributed by atoms with E-state index in [4.69, 9.17) is 4.42 Å². The highest BCUT2D eigenvalue weighted by Crippen LogP contribution is 2.22. The van der Waals surface area contributed by atoms with Gasteiger partial charge in [0.25, 0.3) is 0 Å². The van der Waals surface area contributed by atoms with Crippen molar-refractivity contribution in [3.63, 3.8) is 0 Å². The van der Waals surface area contributed by atoms with Crippen molar-refractivity contribution in [3.05, 3.63) is 23.2 Å². The molecule has 0 saturated carbocycles. The molecule has 0 spiro atoms. The van der Waals surface area contributed by atoms with E-state index in [-0.39, 0.29) is 6.61 Å². The molecule has 3 nitrogen and oxygen atoms in total. The molecule has 15 heavy (non-hydrogen) atoms. The van der Waals surface area contributed by atoms with Crippen LogP contribution in [0.25, 0.3) is 0 Å². The maximum atomic E-state index is 9.22. The van der Waals surface area contributed by atoms with Gasteiger partial charge < -0.3 is 9.52 Å². The average Bonchev–Trinajstić information content (AvgIpc) is 2.74. The quantitative estimate of drug-likeness (QED) is 0.825. The van der Waals surface area contributed by atoms with Gasteiger partial charge in [-0.25, -0.2) is 0 Å².